The van der Waals surface area contributed by atoms with Gasteiger partial charge in [-0.3, -0.25) is 4.79 Å². The van der Waals surface area contributed by atoms with Crippen LogP contribution in [0.5, 0.6) is 0 Å². The predicted molar refractivity (Wildman–Crippen MR) is 87.4 cm³/mol. The molecule has 2 heterocycles. The minimum Gasteiger partial charge on any atom is -0.445 e. The first-order valence-electron chi connectivity index (χ1n) is 7.42. The summed E-state index contributed by atoms with van der Waals surface area (Å²) >= 11 is 1.52. The quantitative estimate of drug-likeness (QED) is 0.843. The molecule has 0 spiro atoms. The van der Waals surface area contributed by atoms with Crippen molar-refractivity contribution in [3.05, 3.63) is 17.9 Å². The van der Waals surface area contributed by atoms with Gasteiger partial charge < -0.3 is 14.6 Å². The number of carbonyl (C=O) groups excluding carboxylic acids is 1. The molecule has 118 valence electrons. The number of carbonyl (C=O) groups is 1. The number of nitrogens with zero attached hydrogens (tertiary/aromatic N) is 1. The fraction of sp³-hybridized carbons (Fsp3) is 0.667. The highest BCUT2D eigenvalue weighted by Gasteiger charge is 2.27. The summed E-state index contributed by atoms with van der Waals surface area (Å²) in [4.78, 5) is 14.2. The molecule has 1 aromatic rings. The Morgan fingerprint density at radius 2 is 2.05 bits per heavy atom. The summed E-state index contributed by atoms with van der Waals surface area (Å²) in [5, 5.41) is 4.43. The molecule has 0 aromatic carbocycles. The maximum absolute atomic E-state index is 12.3. The van der Waals surface area contributed by atoms with Gasteiger partial charge >= 0.3 is 0 Å². The summed E-state index contributed by atoms with van der Waals surface area (Å²) in [5.74, 6) is 1.42. The largest absolute Gasteiger partial charge is 0.445 e. The number of likely N-dealkylation sites (tertiary alicyclic amines) is 1. The van der Waals surface area contributed by atoms with Crippen LogP contribution >= 0.6 is 24.2 Å². The van der Waals surface area contributed by atoms with Crippen LogP contribution in [0.2, 0.25) is 0 Å². The molecule has 1 amide bonds. The molecule has 2 fully saturated rings. The number of hydrogen-bond donors (Lipinski definition) is 1. The number of halogens is 1. The standard InChI is InChI=1S/C15H22N2O2S.ClH/c1-20-14-5-4-13(19-14)15(18)17-8-6-12(7-9-17)16-10-11-2-3-11;/h4-5,11-12,16H,2-3,6-10H2,1H3;1H. The smallest absolute Gasteiger partial charge is 0.289 e. The van der Waals surface area contributed by atoms with E-state index in [1.807, 2.05) is 17.2 Å². The summed E-state index contributed by atoms with van der Waals surface area (Å²) in [6, 6.07) is 4.23. The predicted octanol–water partition coefficient (Wildman–Crippen LogP) is 3.03. The van der Waals surface area contributed by atoms with Crippen molar-refractivity contribution in [3.63, 3.8) is 0 Å². The van der Waals surface area contributed by atoms with Gasteiger partial charge in [-0.1, -0.05) is 11.8 Å². The number of nitrogens with one attached hydrogen (secondary N) is 1. The Labute approximate surface area is 136 Å². The van der Waals surface area contributed by atoms with Gasteiger partial charge in [0.2, 0.25) is 0 Å². The lowest BCUT2D eigenvalue weighted by Crippen LogP contribution is -2.45. The van der Waals surface area contributed by atoms with Crippen LogP contribution in [-0.2, 0) is 0 Å². The number of hydrogen-bond acceptors (Lipinski definition) is 4. The van der Waals surface area contributed by atoms with E-state index in [1.54, 1.807) is 6.07 Å². The summed E-state index contributed by atoms with van der Waals surface area (Å²) in [7, 11) is 0. The van der Waals surface area contributed by atoms with E-state index in [0.29, 0.717) is 11.8 Å². The fourth-order valence-corrected chi connectivity index (χ4v) is 3.02. The monoisotopic (exact) mass is 330 g/mol. The van der Waals surface area contributed by atoms with Crippen molar-refractivity contribution in [1.82, 2.24) is 10.2 Å². The number of thioether (sulfide) groups is 1. The van der Waals surface area contributed by atoms with E-state index >= 15 is 0 Å². The molecule has 1 N–H and O–H groups in total. The maximum atomic E-state index is 12.3. The van der Waals surface area contributed by atoms with Crippen LogP contribution < -0.4 is 5.32 Å². The number of furan rings is 1. The molecule has 1 aliphatic carbocycles. The van der Waals surface area contributed by atoms with Crippen LogP contribution in [0.1, 0.15) is 36.2 Å². The molecule has 2 aliphatic rings. The van der Waals surface area contributed by atoms with Gasteiger partial charge in [-0.2, -0.15) is 0 Å². The normalized spacial score (nSPS) is 19.4. The number of amides is 1. The van der Waals surface area contributed by atoms with Crippen molar-refractivity contribution in [1.29, 1.82) is 0 Å². The van der Waals surface area contributed by atoms with Crippen molar-refractivity contribution in [2.45, 2.75) is 36.8 Å². The summed E-state index contributed by atoms with van der Waals surface area (Å²) in [6.07, 6.45) is 6.83. The second-order valence-corrected chi connectivity index (χ2v) is 6.55. The molecule has 3 rings (SSSR count). The molecule has 1 saturated carbocycles. The highest BCUT2D eigenvalue weighted by molar-refractivity contribution is 7.98. The third-order valence-electron chi connectivity index (χ3n) is 4.17. The Bertz CT molecular complexity index is 468. The van der Waals surface area contributed by atoms with Crippen molar-refractivity contribution in [3.8, 4) is 0 Å². The molecule has 0 radical (unpaired) electrons. The first kappa shape index (κ1) is 16.7. The highest BCUT2D eigenvalue weighted by atomic mass is 35.5. The van der Waals surface area contributed by atoms with Crippen molar-refractivity contribution in [2.24, 2.45) is 5.92 Å². The van der Waals surface area contributed by atoms with E-state index in [0.717, 1.165) is 43.5 Å². The van der Waals surface area contributed by atoms with Crippen LogP contribution in [0.15, 0.2) is 21.6 Å². The van der Waals surface area contributed by atoms with Crippen molar-refractivity contribution >= 4 is 30.1 Å². The Balaban J connectivity index is 0.00000161. The second kappa shape index (κ2) is 7.56. The Morgan fingerprint density at radius 3 is 2.62 bits per heavy atom. The molecule has 0 unspecified atom stereocenters. The summed E-state index contributed by atoms with van der Waals surface area (Å²) < 4.78 is 5.52. The molecule has 0 bridgehead atoms. The molecule has 0 atom stereocenters. The molecular weight excluding hydrogens is 308 g/mol. The van der Waals surface area contributed by atoms with Crippen LogP contribution in [0.25, 0.3) is 0 Å². The van der Waals surface area contributed by atoms with Crippen molar-refractivity contribution in [2.75, 3.05) is 25.9 Å². The third kappa shape index (κ3) is 4.41. The molecule has 1 aromatic heterocycles. The van der Waals surface area contributed by atoms with Gasteiger partial charge in [0.15, 0.2) is 10.9 Å². The Morgan fingerprint density at radius 1 is 1.33 bits per heavy atom. The minimum absolute atomic E-state index is 0. The second-order valence-electron chi connectivity index (χ2n) is 5.74. The minimum atomic E-state index is 0. The third-order valence-corrected chi connectivity index (χ3v) is 4.79. The molecule has 4 nitrogen and oxygen atoms in total. The number of rotatable bonds is 5. The molecule has 21 heavy (non-hydrogen) atoms. The Kier molecular flexibility index (Phi) is 6.02. The molecule has 1 saturated heterocycles. The zero-order valence-corrected chi connectivity index (χ0v) is 14.0. The van der Waals surface area contributed by atoms with Gasteiger partial charge in [-0.05, 0) is 56.5 Å². The van der Waals surface area contributed by atoms with E-state index in [4.69, 9.17) is 4.42 Å². The first-order valence-corrected chi connectivity index (χ1v) is 8.65. The van der Waals surface area contributed by atoms with Gasteiger partial charge in [0, 0.05) is 19.1 Å². The zero-order chi connectivity index (χ0) is 13.9. The van der Waals surface area contributed by atoms with Gasteiger partial charge in [-0.15, -0.1) is 12.4 Å². The topological polar surface area (TPSA) is 45.5 Å². The van der Waals surface area contributed by atoms with E-state index in [9.17, 15) is 4.79 Å². The van der Waals surface area contributed by atoms with E-state index < -0.39 is 0 Å². The lowest BCUT2D eigenvalue weighted by atomic mass is 10.0. The lowest BCUT2D eigenvalue weighted by Gasteiger charge is -2.32. The van der Waals surface area contributed by atoms with E-state index in [-0.39, 0.29) is 18.3 Å². The van der Waals surface area contributed by atoms with Crippen LogP contribution in [-0.4, -0.2) is 42.7 Å². The average molecular weight is 331 g/mol. The average Bonchev–Trinajstić information content (AvgIpc) is 3.20. The van der Waals surface area contributed by atoms with Crippen LogP contribution in [0.3, 0.4) is 0 Å². The highest BCUT2D eigenvalue weighted by Crippen LogP contribution is 2.28. The van der Waals surface area contributed by atoms with Crippen LogP contribution in [0.4, 0.5) is 0 Å². The van der Waals surface area contributed by atoms with Crippen LogP contribution in [0, 0.1) is 5.92 Å². The fourth-order valence-electron chi connectivity index (χ4n) is 2.64. The first-order chi connectivity index (χ1) is 9.76. The SMILES string of the molecule is CSc1ccc(C(=O)N2CCC(NCC3CC3)CC2)o1.Cl. The van der Waals surface area contributed by atoms with Gasteiger partial charge in [-0.25, -0.2) is 0 Å². The lowest BCUT2D eigenvalue weighted by molar-refractivity contribution is 0.0667. The van der Waals surface area contributed by atoms with E-state index in [1.165, 1.54) is 24.6 Å². The van der Waals surface area contributed by atoms with Gasteiger partial charge in [0.1, 0.15) is 0 Å². The summed E-state index contributed by atoms with van der Waals surface area (Å²) in [6.45, 7) is 2.82. The zero-order valence-electron chi connectivity index (χ0n) is 12.3. The van der Waals surface area contributed by atoms with Gasteiger partial charge in [0.05, 0.1) is 0 Å². The summed E-state index contributed by atoms with van der Waals surface area (Å²) in [5.41, 5.74) is 0. The van der Waals surface area contributed by atoms with E-state index in [2.05, 4.69) is 5.32 Å². The molecule has 6 heteroatoms. The molecular formula is C15H23ClN2O2S. The number of piperidine rings is 1. The molecule has 1 aliphatic heterocycles. The van der Waals surface area contributed by atoms with Crippen molar-refractivity contribution < 1.29 is 9.21 Å². The van der Waals surface area contributed by atoms with Gasteiger partial charge in [0.25, 0.3) is 5.91 Å². The maximum Gasteiger partial charge on any atom is 0.289 e. The Hall–Kier alpha value is -0.650.